The van der Waals surface area contributed by atoms with Crippen LogP contribution in [0.2, 0.25) is 0 Å². The van der Waals surface area contributed by atoms with Gasteiger partial charge in [0.15, 0.2) is 0 Å². The van der Waals surface area contributed by atoms with Gasteiger partial charge < -0.3 is 10.2 Å². The molecule has 2 unspecified atom stereocenters. The Morgan fingerprint density at radius 2 is 1.84 bits per heavy atom. The molecule has 2 saturated heterocycles. The summed E-state index contributed by atoms with van der Waals surface area (Å²) in [7, 11) is 0. The van der Waals surface area contributed by atoms with Gasteiger partial charge in [0.05, 0.1) is 0 Å². The summed E-state index contributed by atoms with van der Waals surface area (Å²) in [6.45, 7) is 4.78. The molecule has 2 fully saturated rings. The standard InChI is InChI=1S/C16H24N2S/c1-13-16(9-12-19-13)17-14-5-7-15(8-6-14)18-10-3-2-4-11-18/h5-8,13,16-17H,2-4,9-12H2,1H3. The lowest BCUT2D eigenvalue weighted by Gasteiger charge is -2.29. The van der Waals surface area contributed by atoms with Crippen molar-refractivity contribution in [3.05, 3.63) is 24.3 Å². The number of hydrogen-bond acceptors (Lipinski definition) is 3. The van der Waals surface area contributed by atoms with Gasteiger partial charge in [-0.15, -0.1) is 0 Å². The van der Waals surface area contributed by atoms with Crippen LogP contribution in [0.5, 0.6) is 0 Å². The third kappa shape index (κ3) is 3.19. The summed E-state index contributed by atoms with van der Waals surface area (Å²) >= 11 is 2.08. The Labute approximate surface area is 121 Å². The van der Waals surface area contributed by atoms with Gasteiger partial charge in [-0.2, -0.15) is 11.8 Å². The molecule has 2 nitrogen and oxygen atoms in total. The molecule has 2 atom stereocenters. The van der Waals surface area contributed by atoms with Gasteiger partial charge in [0, 0.05) is 35.8 Å². The number of thioether (sulfide) groups is 1. The number of anilines is 2. The number of benzene rings is 1. The van der Waals surface area contributed by atoms with E-state index in [2.05, 4.69) is 53.2 Å². The molecular formula is C16H24N2S. The first-order chi connectivity index (χ1) is 9.33. The Hall–Kier alpha value is -0.830. The minimum absolute atomic E-state index is 0.644. The number of nitrogens with zero attached hydrogens (tertiary/aromatic N) is 1. The van der Waals surface area contributed by atoms with Crippen LogP contribution in [0, 0.1) is 0 Å². The van der Waals surface area contributed by atoms with E-state index in [1.54, 1.807) is 0 Å². The van der Waals surface area contributed by atoms with E-state index in [0.29, 0.717) is 6.04 Å². The molecule has 104 valence electrons. The lowest BCUT2D eigenvalue weighted by molar-refractivity contribution is 0.578. The van der Waals surface area contributed by atoms with Crippen LogP contribution < -0.4 is 10.2 Å². The van der Waals surface area contributed by atoms with Gasteiger partial charge in [0.25, 0.3) is 0 Å². The molecule has 0 saturated carbocycles. The molecule has 1 N–H and O–H groups in total. The fourth-order valence-electron chi connectivity index (χ4n) is 3.06. The van der Waals surface area contributed by atoms with E-state index < -0.39 is 0 Å². The summed E-state index contributed by atoms with van der Waals surface area (Å²) in [6, 6.07) is 9.70. The Balaban J connectivity index is 1.61. The maximum atomic E-state index is 3.68. The van der Waals surface area contributed by atoms with E-state index in [-0.39, 0.29) is 0 Å². The molecule has 0 aliphatic carbocycles. The van der Waals surface area contributed by atoms with Crippen molar-refractivity contribution in [1.29, 1.82) is 0 Å². The number of hydrogen-bond donors (Lipinski definition) is 1. The second-order valence-corrected chi connectivity index (χ2v) is 7.20. The highest BCUT2D eigenvalue weighted by molar-refractivity contribution is 8.00. The van der Waals surface area contributed by atoms with Crippen LogP contribution in [0.4, 0.5) is 11.4 Å². The fraction of sp³-hybridized carbons (Fsp3) is 0.625. The lowest BCUT2D eigenvalue weighted by Crippen LogP contribution is -2.29. The monoisotopic (exact) mass is 276 g/mol. The predicted octanol–water partition coefficient (Wildman–Crippen LogP) is 3.98. The van der Waals surface area contributed by atoms with Gasteiger partial charge >= 0.3 is 0 Å². The number of nitrogens with one attached hydrogen (secondary N) is 1. The average molecular weight is 276 g/mol. The highest BCUT2D eigenvalue weighted by Crippen LogP contribution is 2.29. The van der Waals surface area contributed by atoms with Gasteiger partial charge in [-0.1, -0.05) is 6.92 Å². The summed E-state index contributed by atoms with van der Waals surface area (Å²) in [5, 5.41) is 4.42. The molecule has 3 rings (SSSR count). The van der Waals surface area contributed by atoms with Gasteiger partial charge in [-0.3, -0.25) is 0 Å². The van der Waals surface area contributed by atoms with E-state index in [4.69, 9.17) is 0 Å². The fourth-order valence-corrected chi connectivity index (χ4v) is 4.25. The zero-order valence-electron chi connectivity index (χ0n) is 11.8. The van der Waals surface area contributed by atoms with Crippen molar-refractivity contribution in [2.45, 2.75) is 43.9 Å². The van der Waals surface area contributed by atoms with Gasteiger partial charge in [-0.25, -0.2) is 0 Å². The van der Waals surface area contributed by atoms with Crippen LogP contribution in [0.15, 0.2) is 24.3 Å². The van der Waals surface area contributed by atoms with Gasteiger partial charge in [-0.05, 0) is 55.7 Å². The first-order valence-corrected chi connectivity index (χ1v) is 8.61. The van der Waals surface area contributed by atoms with Crippen molar-refractivity contribution < 1.29 is 0 Å². The maximum absolute atomic E-state index is 3.68. The van der Waals surface area contributed by atoms with Crippen LogP contribution in [-0.4, -0.2) is 30.1 Å². The Morgan fingerprint density at radius 3 is 2.47 bits per heavy atom. The molecule has 1 aromatic carbocycles. The molecular weight excluding hydrogens is 252 g/mol. The molecule has 0 radical (unpaired) electrons. The van der Waals surface area contributed by atoms with E-state index >= 15 is 0 Å². The molecule has 0 bridgehead atoms. The maximum Gasteiger partial charge on any atom is 0.0385 e. The summed E-state index contributed by atoms with van der Waals surface area (Å²) < 4.78 is 0. The van der Waals surface area contributed by atoms with E-state index in [1.807, 2.05) is 0 Å². The van der Waals surface area contributed by atoms with Crippen LogP contribution in [0.3, 0.4) is 0 Å². The SMILES string of the molecule is CC1SCCC1Nc1ccc(N2CCCCC2)cc1. The molecule has 2 heterocycles. The zero-order chi connectivity index (χ0) is 13.1. The van der Waals surface area contributed by atoms with E-state index in [0.717, 1.165) is 5.25 Å². The van der Waals surface area contributed by atoms with Crippen molar-refractivity contribution in [1.82, 2.24) is 0 Å². The third-order valence-corrected chi connectivity index (χ3v) is 5.64. The predicted molar refractivity (Wildman–Crippen MR) is 86.5 cm³/mol. The van der Waals surface area contributed by atoms with E-state index in [9.17, 15) is 0 Å². The molecule has 2 aliphatic rings. The van der Waals surface area contributed by atoms with E-state index in [1.165, 1.54) is 55.9 Å². The second-order valence-electron chi connectivity index (χ2n) is 5.71. The Morgan fingerprint density at radius 1 is 1.11 bits per heavy atom. The minimum Gasteiger partial charge on any atom is -0.381 e. The normalized spacial score (nSPS) is 27.5. The topological polar surface area (TPSA) is 15.3 Å². The second kappa shape index (κ2) is 6.08. The van der Waals surface area contributed by atoms with Gasteiger partial charge in [0.2, 0.25) is 0 Å². The molecule has 0 amide bonds. The third-order valence-electron chi connectivity index (χ3n) is 4.32. The average Bonchev–Trinajstić information content (AvgIpc) is 2.86. The highest BCUT2D eigenvalue weighted by atomic mass is 32.2. The van der Waals surface area contributed by atoms with Crippen LogP contribution in [0.25, 0.3) is 0 Å². The molecule has 0 aromatic heterocycles. The molecule has 1 aromatic rings. The molecule has 2 aliphatic heterocycles. The molecule has 0 spiro atoms. The van der Waals surface area contributed by atoms with Crippen molar-refractivity contribution in [2.75, 3.05) is 29.1 Å². The lowest BCUT2D eigenvalue weighted by atomic mass is 10.1. The quantitative estimate of drug-likeness (QED) is 0.899. The minimum atomic E-state index is 0.644. The summed E-state index contributed by atoms with van der Waals surface area (Å²) in [4.78, 5) is 2.52. The van der Waals surface area contributed by atoms with Gasteiger partial charge in [0.1, 0.15) is 0 Å². The van der Waals surface area contributed by atoms with Crippen molar-refractivity contribution in [3.8, 4) is 0 Å². The first kappa shape index (κ1) is 13.2. The largest absolute Gasteiger partial charge is 0.381 e. The molecule has 19 heavy (non-hydrogen) atoms. The zero-order valence-corrected chi connectivity index (χ0v) is 12.6. The van der Waals surface area contributed by atoms with Crippen molar-refractivity contribution in [3.63, 3.8) is 0 Å². The smallest absolute Gasteiger partial charge is 0.0385 e. The first-order valence-electron chi connectivity index (χ1n) is 7.56. The summed E-state index contributed by atoms with van der Waals surface area (Å²) in [5.74, 6) is 1.30. The van der Waals surface area contributed by atoms with Crippen LogP contribution >= 0.6 is 11.8 Å². The Kier molecular flexibility index (Phi) is 4.21. The number of piperidine rings is 1. The number of rotatable bonds is 3. The molecule has 3 heteroatoms. The Bertz CT molecular complexity index is 398. The van der Waals surface area contributed by atoms with Crippen molar-refractivity contribution >= 4 is 23.1 Å². The van der Waals surface area contributed by atoms with Crippen LogP contribution in [-0.2, 0) is 0 Å². The van der Waals surface area contributed by atoms with Crippen LogP contribution in [0.1, 0.15) is 32.6 Å². The summed E-state index contributed by atoms with van der Waals surface area (Å²) in [6.07, 6.45) is 5.38. The highest BCUT2D eigenvalue weighted by Gasteiger charge is 2.23. The van der Waals surface area contributed by atoms with Crippen molar-refractivity contribution in [2.24, 2.45) is 0 Å². The summed E-state index contributed by atoms with van der Waals surface area (Å²) in [5.41, 5.74) is 2.67.